The molecule has 0 spiro atoms. The van der Waals surface area contributed by atoms with E-state index in [0.29, 0.717) is 12.6 Å². The van der Waals surface area contributed by atoms with Crippen LogP contribution in [0.15, 0.2) is 35.7 Å². The lowest BCUT2D eigenvalue weighted by Gasteiger charge is -2.10. The first-order chi connectivity index (χ1) is 10.7. The van der Waals surface area contributed by atoms with Gasteiger partial charge >= 0.3 is 0 Å². The molecule has 2 aromatic rings. The zero-order valence-electron chi connectivity index (χ0n) is 13.4. The van der Waals surface area contributed by atoms with E-state index in [1.807, 2.05) is 24.3 Å². The molecule has 0 unspecified atom stereocenters. The second kappa shape index (κ2) is 8.68. The fourth-order valence-electron chi connectivity index (χ4n) is 1.83. The first-order valence-electron chi connectivity index (χ1n) is 7.58. The van der Waals surface area contributed by atoms with Crippen molar-refractivity contribution in [2.24, 2.45) is 0 Å². The molecule has 1 aromatic carbocycles. The minimum Gasteiger partial charge on any atom is -0.494 e. The molecule has 0 saturated heterocycles. The summed E-state index contributed by atoms with van der Waals surface area (Å²) >= 11 is 1.66. The molecule has 0 radical (unpaired) electrons. The first kappa shape index (κ1) is 16.7. The lowest BCUT2D eigenvalue weighted by molar-refractivity contribution is 0.314. The van der Waals surface area contributed by atoms with Crippen molar-refractivity contribution in [3.8, 4) is 11.5 Å². The number of rotatable bonds is 9. The predicted molar refractivity (Wildman–Crippen MR) is 88.9 cm³/mol. The van der Waals surface area contributed by atoms with Crippen LogP contribution in [0.4, 0.5) is 0 Å². The number of hydrogen-bond acceptors (Lipinski definition) is 5. The van der Waals surface area contributed by atoms with Gasteiger partial charge in [-0.2, -0.15) is 0 Å². The minimum absolute atomic E-state index is 0.370. The molecule has 2 rings (SSSR count). The molecule has 0 atom stereocenters. The van der Waals surface area contributed by atoms with Gasteiger partial charge in [-0.05, 0) is 44.5 Å². The van der Waals surface area contributed by atoms with Gasteiger partial charge in [-0.25, -0.2) is 0 Å². The van der Waals surface area contributed by atoms with Crippen molar-refractivity contribution in [1.82, 2.24) is 14.8 Å². The standard InChI is InChI=1S/C16H23N3O2S/c1-4-9-20-14-5-7-15(8-6-14)21-10-11-22-16-18-17-12-19(16)13(2)3/h5-8,12-13H,4,9-11H2,1-3H3. The molecule has 0 saturated carbocycles. The van der Waals surface area contributed by atoms with Crippen LogP contribution in [0.1, 0.15) is 33.2 Å². The van der Waals surface area contributed by atoms with Crippen LogP contribution >= 0.6 is 11.8 Å². The Balaban J connectivity index is 1.73. The van der Waals surface area contributed by atoms with E-state index in [1.165, 1.54) is 0 Å². The summed E-state index contributed by atoms with van der Waals surface area (Å²) in [5.74, 6) is 2.57. The third kappa shape index (κ3) is 4.94. The summed E-state index contributed by atoms with van der Waals surface area (Å²) < 4.78 is 13.3. The normalized spacial score (nSPS) is 10.9. The van der Waals surface area contributed by atoms with E-state index < -0.39 is 0 Å². The Labute approximate surface area is 136 Å². The highest BCUT2D eigenvalue weighted by Crippen LogP contribution is 2.20. The zero-order chi connectivity index (χ0) is 15.8. The van der Waals surface area contributed by atoms with Crippen molar-refractivity contribution < 1.29 is 9.47 Å². The van der Waals surface area contributed by atoms with Crippen molar-refractivity contribution in [2.45, 2.75) is 38.4 Å². The summed E-state index contributed by atoms with van der Waals surface area (Å²) in [5, 5.41) is 9.01. The van der Waals surface area contributed by atoms with Gasteiger partial charge in [-0.1, -0.05) is 18.7 Å². The molecule has 1 aromatic heterocycles. The number of benzene rings is 1. The van der Waals surface area contributed by atoms with Crippen LogP contribution in [0.3, 0.4) is 0 Å². The number of ether oxygens (including phenoxy) is 2. The average Bonchev–Trinajstić information content (AvgIpc) is 2.99. The van der Waals surface area contributed by atoms with Crippen molar-refractivity contribution in [2.75, 3.05) is 19.0 Å². The van der Waals surface area contributed by atoms with Crippen LogP contribution in [0.5, 0.6) is 11.5 Å². The van der Waals surface area contributed by atoms with Crippen LogP contribution in [-0.2, 0) is 0 Å². The SMILES string of the molecule is CCCOc1ccc(OCCSc2nncn2C(C)C)cc1. The molecule has 5 nitrogen and oxygen atoms in total. The van der Waals surface area contributed by atoms with Gasteiger partial charge in [0, 0.05) is 11.8 Å². The zero-order valence-corrected chi connectivity index (χ0v) is 14.2. The maximum atomic E-state index is 5.73. The Hall–Kier alpha value is -1.69. The minimum atomic E-state index is 0.370. The Bertz CT molecular complexity index is 555. The van der Waals surface area contributed by atoms with Crippen molar-refractivity contribution in [1.29, 1.82) is 0 Å². The van der Waals surface area contributed by atoms with Gasteiger partial charge in [-0.15, -0.1) is 10.2 Å². The summed E-state index contributed by atoms with van der Waals surface area (Å²) in [6.45, 7) is 7.70. The highest BCUT2D eigenvalue weighted by atomic mass is 32.2. The number of thioether (sulfide) groups is 1. The van der Waals surface area contributed by atoms with E-state index in [9.17, 15) is 0 Å². The van der Waals surface area contributed by atoms with Crippen LogP contribution in [0.2, 0.25) is 0 Å². The summed E-state index contributed by atoms with van der Waals surface area (Å²) in [7, 11) is 0. The predicted octanol–water partition coefficient (Wildman–Crippen LogP) is 3.82. The van der Waals surface area contributed by atoms with Gasteiger partial charge in [0.15, 0.2) is 5.16 Å². The number of aromatic nitrogens is 3. The van der Waals surface area contributed by atoms with E-state index >= 15 is 0 Å². The Morgan fingerprint density at radius 1 is 1.09 bits per heavy atom. The summed E-state index contributed by atoms with van der Waals surface area (Å²) in [4.78, 5) is 0. The van der Waals surface area contributed by atoms with Gasteiger partial charge < -0.3 is 14.0 Å². The van der Waals surface area contributed by atoms with Gasteiger partial charge in [0.2, 0.25) is 0 Å². The molecule has 1 heterocycles. The number of hydrogen-bond donors (Lipinski definition) is 0. The maximum Gasteiger partial charge on any atom is 0.191 e. The maximum absolute atomic E-state index is 5.73. The van der Waals surface area contributed by atoms with Gasteiger partial charge in [-0.3, -0.25) is 0 Å². The topological polar surface area (TPSA) is 49.2 Å². The molecule has 0 aliphatic heterocycles. The highest BCUT2D eigenvalue weighted by Gasteiger charge is 2.07. The Morgan fingerprint density at radius 2 is 1.73 bits per heavy atom. The van der Waals surface area contributed by atoms with Crippen LogP contribution in [-0.4, -0.2) is 33.7 Å². The van der Waals surface area contributed by atoms with Crippen molar-refractivity contribution in [3.63, 3.8) is 0 Å². The molecule has 0 bridgehead atoms. The molecule has 0 fully saturated rings. The summed E-state index contributed by atoms with van der Waals surface area (Å²) in [5.41, 5.74) is 0. The molecular weight excluding hydrogens is 298 g/mol. The van der Waals surface area contributed by atoms with Crippen molar-refractivity contribution in [3.05, 3.63) is 30.6 Å². The van der Waals surface area contributed by atoms with E-state index in [1.54, 1.807) is 18.1 Å². The number of nitrogens with zero attached hydrogens (tertiary/aromatic N) is 3. The summed E-state index contributed by atoms with van der Waals surface area (Å²) in [6, 6.07) is 8.12. The largest absolute Gasteiger partial charge is 0.494 e. The quantitative estimate of drug-likeness (QED) is 0.519. The Kier molecular flexibility index (Phi) is 6.58. The smallest absolute Gasteiger partial charge is 0.191 e. The van der Waals surface area contributed by atoms with Gasteiger partial charge in [0.25, 0.3) is 0 Å². The molecule has 0 N–H and O–H groups in total. The van der Waals surface area contributed by atoms with Crippen LogP contribution in [0.25, 0.3) is 0 Å². The molecule has 22 heavy (non-hydrogen) atoms. The molecule has 0 aliphatic rings. The lowest BCUT2D eigenvalue weighted by atomic mass is 10.3. The van der Waals surface area contributed by atoms with Crippen LogP contribution in [0, 0.1) is 0 Å². The second-order valence-corrected chi connectivity index (χ2v) is 6.19. The van der Waals surface area contributed by atoms with E-state index in [-0.39, 0.29) is 0 Å². The van der Waals surface area contributed by atoms with E-state index in [2.05, 4.69) is 35.5 Å². The summed E-state index contributed by atoms with van der Waals surface area (Å²) in [6.07, 6.45) is 2.78. The van der Waals surface area contributed by atoms with E-state index in [4.69, 9.17) is 9.47 Å². The molecule has 6 heteroatoms. The lowest BCUT2D eigenvalue weighted by Crippen LogP contribution is -2.04. The van der Waals surface area contributed by atoms with E-state index in [0.717, 1.165) is 35.4 Å². The third-order valence-corrected chi connectivity index (χ3v) is 3.90. The monoisotopic (exact) mass is 321 g/mol. The third-order valence-electron chi connectivity index (χ3n) is 2.98. The molecule has 0 amide bonds. The van der Waals surface area contributed by atoms with Gasteiger partial charge in [0.05, 0.1) is 13.2 Å². The van der Waals surface area contributed by atoms with Crippen molar-refractivity contribution >= 4 is 11.8 Å². The average molecular weight is 321 g/mol. The molecule has 120 valence electrons. The molecular formula is C16H23N3O2S. The fourth-order valence-corrected chi connectivity index (χ4v) is 2.70. The van der Waals surface area contributed by atoms with Gasteiger partial charge in [0.1, 0.15) is 17.8 Å². The fraction of sp³-hybridized carbons (Fsp3) is 0.500. The highest BCUT2D eigenvalue weighted by molar-refractivity contribution is 7.99. The van der Waals surface area contributed by atoms with Crippen LogP contribution < -0.4 is 9.47 Å². The Morgan fingerprint density at radius 3 is 2.32 bits per heavy atom. The first-order valence-corrected chi connectivity index (χ1v) is 8.57. The second-order valence-electron chi connectivity index (χ2n) is 5.13. The molecule has 0 aliphatic carbocycles.